The summed E-state index contributed by atoms with van der Waals surface area (Å²) in [5.74, 6) is 0.705. The Morgan fingerprint density at radius 3 is 2.77 bits per heavy atom. The third-order valence-corrected chi connectivity index (χ3v) is 5.97. The maximum Gasteiger partial charge on any atom is 0.255 e. The van der Waals surface area contributed by atoms with Gasteiger partial charge in [-0.1, -0.05) is 12.1 Å². The van der Waals surface area contributed by atoms with Crippen LogP contribution in [0.25, 0.3) is 0 Å². The van der Waals surface area contributed by atoms with Gasteiger partial charge in [0.05, 0.1) is 10.7 Å². The number of amides is 2. The number of hydrogen-bond acceptors (Lipinski definition) is 5. The highest BCUT2D eigenvalue weighted by atomic mass is 32.1. The molecule has 0 aliphatic carbocycles. The Hall–Kier alpha value is -3.19. The van der Waals surface area contributed by atoms with Gasteiger partial charge >= 0.3 is 0 Å². The zero-order valence-corrected chi connectivity index (χ0v) is 18.3. The van der Waals surface area contributed by atoms with Gasteiger partial charge in [0.25, 0.3) is 5.91 Å². The predicted octanol–water partition coefficient (Wildman–Crippen LogP) is 4.80. The molecule has 3 aromatic rings. The van der Waals surface area contributed by atoms with Crippen LogP contribution in [0, 0.1) is 6.92 Å². The molecular formula is C24H25N3O3S. The molecule has 1 aliphatic heterocycles. The number of likely N-dealkylation sites (tertiary alicyclic amines) is 1. The third-order valence-electron chi connectivity index (χ3n) is 5.15. The van der Waals surface area contributed by atoms with Crippen molar-refractivity contribution in [1.29, 1.82) is 0 Å². The van der Waals surface area contributed by atoms with Gasteiger partial charge in [0.1, 0.15) is 12.4 Å². The predicted molar refractivity (Wildman–Crippen MR) is 121 cm³/mol. The number of aromatic nitrogens is 1. The molecule has 6 nitrogen and oxygen atoms in total. The van der Waals surface area contributed by atoms with Crippen LogP contribution in [0.15, 0.2) is 53.9 Å². The second kappa shape index (κ2) is 9.75. The van der Waals surface area contributed by atoms with Crippen LogP contribution in [0.3, 0.4) is 0 Å². The van der Waals surface area contributed by atoms with Crippen LogP contribution in [0.1, 0.15) is 45.9 Å². The van der Waals surface area contributed by atoms with E-state index in [2.05, 4.69) is 10.3 Å². The molecule has 1 fully saturated rings. The van der Waals surface area contributed by atoms with Crippen molar-refractivity contribution in [2.75, 3.05) is 11.9 Å². The van der Waals surface area contributed by atoms with E-state index in [4.69, 9.17) is 4.74 Å². The average Bonchev–Trinajstić information content (AvgIpc) is 3.20. The van der Waals surface area contributed by atoms with Gasteiger partial charge in [0.2, 0.25) is 5.91 Å². The molecule has 0 unspecified atom stereocenters. The van der Waals surface area contributed by atoms with Gasteiger partial charge in [-0.05, 0) is 61.7 Å². The largest absolute Gasteiger partial charge is 0.487 e. The summed E-state index contributed by atoms with van der Waals surface area (Å²) >= 11 is 1.59. The Bertz CT molecular complexity index is 1060. The topological polar surface area (TPSA) is 71.5 Å². The van der Waals surface area contributed by atoms with E-state index in [1.54, 1.807) is 35.6 Å². The Kier molecular flexibility index (Phi) is 6.62. The van der Waals surface area contributed by atoms with Crippen LogP contribution >= 0.6 is 11.3 Å². The number of thiazole rings is 1. The number of rotatable bonds is 7. The van der Waals surface area contributed by atoms with Gasteiger partial charge in [-0.15, -0.1) is 11.3 Å². The molecule has 2 aromatic carbocycles. The SMILES string of the molecule is Cc1nc(COc2ccc(C(=O)Nc3cccc(CN4CCCCC4=O)c3)cc2)cs1. The van der Waals surface area contributed by atoms with E-state index in [9.17, 15) is 9.59 Å². The zero-order chi connectivity index (χ0) is 21.6. The van der Waals surface area contributed by atoms with E-state index >= 15 is 0 Å². The fraction of sp³-hybridized carbons (Fsp3) is 0.292. The van der Waals surface area contributed by atoms with E-state index in [-0.39, 0.29) is 11.8 Å². The maximum atomic E-state index is 12.6. The van der Waals surface area contributed by atoms with E-state index in [0.717, 1.165) is 35.7 Å². The molecule has 31 heavy (non-hydrogen) atoms. The number of aryl methyl sites for hydroxylation is 1. The molecular weight excluding hydrogens is 410 g/mol. The fourth-order valence-corrected chi connectivity index (χ4v) is 4.13. The standard InChI is InChI=1S/C24H25N3O3S/c1-17-25-21(16-31-17)15-30-22-10-8-19(9-11-22)24(29)26-20-6-4-5-18(13-20)14-27-12-3-2-7-23(27)28/h4-6,8-11,13,16H,2-3,7,12,14-15H2,1H3,(H,26,29). The van der Waals surface area contributed by atoms with Crippen LogP contribution in [0.4, 0.5) is 5.69 Å². The molecule has 1 aliphatic rings. The Balaban J connectivity index is 1.34. The van der Waals surface area contributed by atoms with Crippen molar-refractivity contribution in [3.8, 4) is 5.75 Å². The number of anilines is 1. The summed E-state index contributed by atoms with van der Waals surface area (Å²) in [5.41, 5.74) is 3.17. The van der Waals surface area contributed by atoms with E-state index in [1.807, 2.05) is 41.5 Å². The van der Waals surface area contributed by atoms with Gasteiger partial charge in [0.15, 0.2) is 0 Å². The van der Waals surface area contributed by atoms with Crippen molar-refractivity contribution >= 4 is 28.8 Å². The van der Waals surface area contributed by atoms with Crippen molar-refractivity contribution in [3.05, 3.63) is 75.7 Å². The molecule has 1 N–H and O–H groups in total. The molecule has 0 radical (unpaired) electrons. The van der Waals surface area contributed by atoms with Crippen LogP contribution in [0.2, 0.25) is 0 Å². The van der Waals surface area contributed by atoms with Crippen molar-refractivity contribution in [2.45, 2.75) is 39.3 Å². The first kappa shape index (κ1) is 21.1. The molecule has 4 rings (SSSR count). The summed E-state index contributed by atoms with van der Waals surface area (Å²) in [6, 6.07) is 14.7. The van der Waals surface area contributed by atoms with Crippen LogP contribution in [0.5, 0.6) is 5.75 Å². The monoisotopic (exact) mass is 435 g/mol. The summed E-state index contributed by atoms with van der Waals surface area (Å²) < 4.78 is 5.74. The van der Waals surface area contributed by atoms with E-state index < -0.39 is 0 Å². The molecule has 160 valence electrons. The highest BCUT2D eigenvalue weighted by Gasteiger charge is 2.18. The number of piperidine rings is 1. The third kappa shape index (κ3) is 5.70. The molecule has 1 aromatic heterocycles. The molecule has 2 heterocycles. The minimum absolute atomic E-state index is 0.187. The summed E-state index contributed by atoms with van der Waals surface area (Å²) in [4.78, 5) is 30.9. The number of ether oxygens (including phenoxy) is 1. The lowest BCUT2D eigenvalue weighted by Gasteiger charge is -2.26. The average molecular weight is 436 g/mol. The van der Waals surface area contributed by atoms with Gasteiger partial charge in [-0.2, -0.15) is 0 Å². The highest BCUT2D eigenvalue weighted by Crippen LogP contribution is 2.19. The maximum absolute atomic E-state index is 12.6. The van der Waals surface area contributed by atoms with E-state index in [1.165, 1.54) is 0 Å². The van der Waals surface area contributed by atoms with Crippen molar-refractivity contribution in [3.63, 3.8) is 0 Å². The number of nitrogens with zero attached hydrogens (tertiary/aromatic N) is 2. The number of hydrogen-bond donors (Lipinski definition) is 1. The molecule has 0 spiro atoms. The normalized spacial score (nSPS) is 13.8. The first-order chi connectivity index (χ1) is 15.1. The quantitative estimate of drug-likeness (QED) is 0.579. The lowest BCUT2D eigenvalue weighted by atomic mass is 10.1. The van der Waals surface area contributed by atoms with E-state index in [0.29, 0.717) is 36.6 Å². The summed E-state index contributed by atoms with van der Waals surface area (Å²) in [6.45, 7) is 3.74. The second-order valence-electron chi connectivity index (χ2n) is 7.60. The first-order valence-electron chi connectivity index (χ1n) is 10.4. The molecule has 0 atom stereocenters. The first-order valence-corrected chi connectivity index (χ1v) is 11.3. The second-order valence-corrected chi connectivity index (χ2v) is 8.66. The Morgan fingerprint density at radius 2 is 2.03 bits per heavy atom. The lowest BCUT2D eigenvalue weighted by Crippen LogP contribution is -2.34. The molecule has 1 saturated heterocycles. The number of nitrogens with one attached hydrogen (secondary N) is 1. The van der Waals surface area contributed by atoms with Crippen LogP contribution < -0.4 is 10.1 Å². The number of benzene rings is 2. The van der Waals surface area contributed by atoms with Crippen molar-refractivity contribution in [1.82, 2.24) is 9.88 Å². The van der Waals surface area contributed by atoms with Gasteiger partial charge in [-0.3, -0.25) is 9.59 Å². The smallest absolute Gasteiger partial charge is 0.255 e. The Morgan fingerprint density at radius 1 is 1.19 bits per heavy atom. The molecule has 0 saturated carbocycles. The van der Waals surface area contributed by atoms with Gasteiger partial charge < -0.3 is 15.0 Å². The molecule has 2 amide bonds. The molecule has 0 bridgehead atoms. The van der Waals surface area contributed by atoms with Crippen molar-refractivity contribution in [2.24, 2.45) is 0 Å². The number of carbonyl (C=O) groups excluding carboxylic acids is 2. The highest BCUT2D eigenvalue weighted by molar-refractivity contribution is 7.09. The summed E-state index contributed by atoms with van der Waals surface area (Å²) in [5, 5.41) is 5.93. The number of carbonyl (C=O) groups is 2. The lowest BCUT2D eigenvalue weighted by molar-refractivity contribution is -0.133. The minimum atomic E-state index is -0.187. The summed E-state index contributed by atoms with van der Waals surface area (Å²) in [7, 11) is 0. The van der Waals surface area contributed by atoms with Crippen LogP contribution in [-0.2, 0) is 17.9 Å². The van der Waals surface area contributed by atoms with Crippen molar-refractivity contribution < 1.29 is 14.3 Å². The Labute approximate surface area is 185 Å². The van der Waals surface area contributed by atoms with Crippen LogP contribution in [-0.4, -0.2) is 28.2 Å². The minimum Gasteiger partial charge on any atom is -0.487 e. The van der Waals surface area contributed by atoms with Gasteiger partial charge in [-0.25, -0.2) is 4.98 Å². The summed E-state index contributed by atoms with van der Waals surface area (Å²) in [6.07, 6.45) is 2.64. The zero-order valence-electron chi connectivity index (χ0n) is 17.5. The van der Waals surface area contributed by atoms with Gasteiger partial charge in [0, 0.05) is 36.1 Å². The molecule has 7 heteroatoms. The fourth-order valence-electron chi connectivity index (χ4n) is 3.53.